The van der Waals surface area contributed by atoms with Crippen LogP contribution in [0.1, 0.15) is 35.0 Å². The van der Waals surface area contributed by atoms with Gasteiger partial charge in [0.15, 0.2) is 11.6 Å². The maximum Gasteiger partial charge on any atom is 0.254 e. The van der Waals surface area contributed by atoms with Crippen LogP contribution in [0.15, 0.2) is 53.7 Å². The average Bonchev–Trinajstić information content (AvgIpc) is 3.60. The van der Waals surface area contributed by atoms with Gasteiger partial charge in [0.25, 0.3) is 5.91 Å². The molecule has 0 bridgehead atoms. The summed E-state index contributed by atoms with van der Waals surface area (Å²) >= 11 is 3.22. The Kier molecular flexibility index (Phi) is 6.39. The highest BCUT2D eigenvalue weighted by atomic mass is 32.1. The van der Waals surface area contributed by atoms with Crippen LogP contribution in [0.3, 0.4) is 0 Å². The molecule has 1 aromatic carbocycles. The molecular weight excluding hydrogens is 426 g/mol. The second kappa shape index (κ2) is 9.36. The number of rotatable bonds is 4. The van der Waals surface area contributed by atoms with Crippen LogP contribution < -0.4 is 0 Å². The zero-order chi connectivity index (χ0) is 21.8. The van der Waals surface area contributed by atoms with E-state index in [4.69, 9.17) is 0 Å². The lowest BCUT2D eigenvalue weighted by atomic mass is 10.1. The van der Waals surface area contributed by atoms with E-state index >= 15 is 0 Å². The van der Waals surface area contributed by atoms with Crippen molar-refractivity contribution in [3.8, 4) is 22.0 Å². The Labute approximate surface area is 189 Å². The maximum absolute atomic E-state index is 13.0. The SMILES string of the molecule is C=Cc1nc(-c2nnc3n2CCN(C(=O)c2ccc(-c4cccs4)cc2)C3)cs1.CC. The molecule has 0 unspecified atom stereocenters. The Morgan fingerprint density at radius 2 is 1.90 bits per heavy atom. The van der Waals surface area contributed by atoms with Crippen LogP contribution in [0, 0.1) is 0 Å². The van der Waals surface area contributed by atoms with Gasteiger partial charge in [-0.15, -0.1) is 32.9 Å². The highest BCUT2D eigenvalue weighted by Crippen LogP contribution is 2.27. The van der Waals surface area contributed by atoms with Crippen molar-refractivity contribution < 1.29 is 4.79 Å². The van der Waals surface area contributed by atoms with Gasteiger partial charge in [0, 0.05) is 28.9 Å². The summed E-state index contributed by atoms with van der Waals surface area (Å²) in [4.78, 5) is 20.5. The van der Waals surface area contributed by atoms with Crippen molar-refractivity contribution in [2.24, 2.45) is 0 Å². The molecular formula is C23H23N5OS2. The van der Waals surface area contributed by atoms with Crippen molar-refractivity contribution in [1.29, 1.82) is 0 Å². The maximum atomic E-state index is 13.0. The molecule has 0 fully saturated rings. The molecule has 0 aliphatic carbocycles. The molecule has 4 heterocycles. The fourth-order valence-corrected chi connectivity index (χ4v) is 4.78. The standard InChI is InChI=1S/C21H17N5OS2.C2H6/c1-2-19-22-16(13-29-19)20-24-23-18-12-25(9-10-26(18)20)21(27)15-7-5-14(6-8-15)17-4-3-11-28-17;1-2/h2-8,11,13H,1,9-10,12H2;1-2H3. The number of benzene rings is 1. The molecule has 0 saturated heterocycles. The van der Waals surface area contributed by atoms with E-state index in [9.17, 15) is 4.79 Å². The average molecular weight is 450 g/mol. The van der Waals surface area contributed by atoms with Gasteiger partial charge in [-0.3, -0.25) is 4.79 Å². The van der Waals surface area contributed by atoms with Crippen molar-refractivity contribution in [1.82, 2.24) is 24.6 Å². The number of hydrogen-bond donors (Lipinski definition) is 0. The first kappa shape index (κ1) is 21.1. The first-order valence-electron chi connectivity index (χ1n) is 10.2. The topological polar surface area (TPSA) is 63.9 Å². The van der Waals surface area contributed by atoms with Gasteiger partial charge in [-0.2, -0.15) is 0 Å². The summed E-state index contributed by atoms with van der Waals surface area (Å²) in [6.45, 7) is 9.46. The van der Waals surface area contributed by atoms with Gasteiger partial charge in [-0.25, -0.2) is 4.98 Å². The number of thiazole rings is 1. The first-order chi connectivity index (χ1) is 15.2. The third-order valence-electron chi connectivity index (χ3n) is 4.90. The van der Waals surface area contributed by atoms with Gasteiger partial charge < -0.3 is 9.47 Å². The molecule has 158 valence electrons. The van der Waals surface area contributed by atoms with Gasteiger partial charge in [0.1, 0.15) is 10.7 Å². The molecule has 6 nitrogen and oxygen atoms in total. The van der Waals surface area contributed by atoms with Crippen molar-refractivity contribution in [2.45, 2.75) is 26.9 Å². The zero-order valence-corrected chi connectivity index (χ0v) is 19.1. The molecule has 1 amide bonds. The summed E-state index contributed by atoms with van der Waals surface area (Å²) in [7, 11) is 0. The molecule has 8 heteroatoms. The number of aromatic nitrogens is 4. The van der Waals surface area contributed by atoms with Crippen LogP contribution in [0.2, 0.25) is 0 Å². The zero-order valence-electron chi connectivity index (χ0n) is 17.5. The second-order valence-electron chi connectivity index (χ2n) is 6.65. The number of thiophene rings is 1. The third-order valence-corrected chi connectivity index (χ3v) is 6.66. The van der Waals surface area contributed by atoms with Crippen molar-refractivity contribution >= 4 is 34.7 Å². The van der Waals surface area contributed by atoms with E-state index in [-0.39, 0.29) is 5.91 Å². The van der Waals surface area contributed by atoms with Crippen LogP contribution in [0.25, 0.3) is 28.0 Å². The molecule has 5 rings (SSSR count). The minimum absolute atomic E-state index is 0.0149. The monoisotopic (exact) mass is 449 g/mol. The number of amides is 1. The fraction of sp³-hybridized carbons (Fsp3) is 0.217. The van der Waals surface area contributed by atoms with Crippen LogP contribution in [0.5, 0.6) is 0 Å². The van der Waals surface area contributed by atoms with Crippen LogP contribution in [0.4, 0.5) is 0 Å². The predicted molar refractivity (Wildman–Crippen MR) is 127 cm³/mol. The lowest BCUT2D eigenvalue weighted by Gasteiger charge is -2.27. The molecule has 1 aliphatic heterocycles. The highest BCUT2D eigenvalue weighted by Gasteiger charge is 2.26. The van der Waals surface area contributed by atoms with Gasteiger partial charge >= 0.3 is 0 Å². The third kappa shape index (κ3) is 4.22. The smallest absolute Gasteiger partial charge is 0.254 e. The quantitative estimate of drug-likeness (QED) is 0.415. The lowest BCUT2D eigenvalue weighted by molar-refractivity contribution is 0.0708. The molecule has 0 saturated carbocycles. The van der Waals surface area contributed by atoms with Crippen LogP contribution >= 0.6 is 22.7 Å². The summed E-state index contributed by atoms with van der Waals surface area (Å²) < 4.78 is 2.05. The minimum Gasteiger partial charge on any atom is -0.329 e. The Hall–Kier alpha value is -3.10. The Morgan fingerprint density at radius 3 is 2.58 bits per heavy atom. The first-order valence-corrected chi connectivity index (χ1v) is 11.9. The van der Waals surface area contributed by atoms with Crippen molar-refractivity contribution in [3.63, 3.8) is 0 Å². The van der Waals surface area contributed by atoms with E-state index in [2.05, 4.69) is 33.2 Å². The Bertz CT molecular complexity index is 1180. The molecule has 0 N–H and O–H groups in total. The molecule has 0 spiro atoms. The lowest BCUT2D eigenvalue weighted by Crippen LogP contribution is -2.38. The van der Waals surface area contributed by atoms with Crippen LogP contribution in [-0.4, -0.2) is 37.1 Å². The van der Waals surface area contributed by atoms with Gasteiger partial charge in [0.05, 0.1) is 6.54 Å². The fourth-order valence-electron chi connectivity index (χ4n) is 3.41. The molecule has 4 aromatic rings. The molecule has 31 heavy (non-hydrogen) atoms. The number of carbonyl (C=O) groups excluding carboxylic acids is 1. The Morgan fingerprint density at radius 1 is 1.10 bits per heavy atom. The van der Waals surface area contributed by atoms with Gasteiger partial charge in [-0.1, -0.05) is 38.6 Å². The molecule has 3 aromatic heterocycles. The van der Waals surface area contributed by atoms with Gasteiger partial charge in [0.2, 0.25) is 0 Å². The summed E-state index contributed by atoms with van der Waals surface area (Å²) in [6, 6.07) is 11.9. The number of carbonyl (C=O) groups is 1. The number of nitrogens with zero attached hydrogens (tertiary/aromatic N) is 5. The molecule has 0 radical (unpaired) electrons. The van der Waals surface area contributed by atoms with E-state index in [0.717, 1.165) is 27.9 Å². The van der Waals surface area contributed by atoms with E-state index in [0.29, 0.717) is 25.2 Å². The van der Waals surface area contributed by atoms with E-state index in [1.807, 2.05) is 59.0 Å². The van der Waals surface area contributed by atoms with E-state index in [1.54, 1.807) is 17.4 Å². The van der Waals surface area contributed by atoms with Crippen molar-refractivity contribution in [3.05, 3.63) is 70.1 Å². The normalized spacial score (nSPS) is 12.6. The summed E-state index contributed by atoms with van der Waals surface area (Å²) in [5, 5.41) is 13.5. The number of fused-ring (bicyclic) bond motifs is 1. The molecule has 1 aliphatic rings. The van der Waals surface area contributed by atoms with Crippen LogP contribution in [-0.2, 0) is 13.1 Å². The summed E-state index contributed by atoms with van der Waals surface area (Å²) in [6.07, 6.45) is 1.73. The molecule has 0 atom stereocenters. The highest BCUT2D eigenvalue weighted by molar-refractivity contribution is 7.13. The summed E-state index contributed by atoms with van der Waals surface area (Å²) in [5.74, 6) is 1.54. The van der Waals surface area contributed by atoms with Crippen molar-refractivity contribution in [2.75, 3.05) is 6.54 Å². The van der Waals surface area contributed by atoms with E-state index in [1.165, 1.54) is 16.2 Å². The minimum atomic E-state index is 0.0149. The largest absolute Gasteiger partial charge is 0.329 e. The predicted octanol–water partition coefficient (Wildman–Crippen LogP) is 5.46. The second-order valence-corrected chi connectivity index (χ2v) is 8.49. The Balaban J connectivity index is 0.00000112. The number of hydrogen-bond acceptors (Lipinski definition) is 6. The van der Waals surface area contributed by atoms with Gasteiger partial charge in [-0.05, 0) is 35.2 Å². The summed E-state index contributed by atoms with van der Waals surface area (Å²) in [5.41, 5.74) is 2.61. The van der Waals surface area contributed by atoms with E-state index < -0.39 is 0 Å².